The number of benzene rings is 1. The van der Waals surface area contributed by atoms with Gasteiger partial charge < -0.3 is 15.8 Å². The molecule has 0 saturated carbocycles. The Kier molecular flexibility index (Phi) is 5.26. The van der Waals surface area contributed by atoms with Crippen LogP contribution in [0, 0.1) is 0 Å². The van der Waals surface area contributed by atoms with Gasteiger partial charge in [0, 0.05) is 24.0 Å². The zero-order chi connectivity index (χ0) is 12.4. The molecule has 0 radical (unpaired) electrons. The fourth-order valence-electron chi connectivity index (χ4n) is 1.76. The molecule has 1 aliphatic heterocycles. The first-order chi connectivity index (χ1) is 8.10. The molecule has 1 aliphatic rings. The van der Waals surface area contributed by atoms with Crippen LogP contribution in [0.5, 0.6) is 5.75 Å². The molecule has 2 rings (SSSR count). The molecule has 0 bridgehead atoms. The highest BCUT2D eigenvalue weighted by Crippen LogP contribution is 2.31. The van der Waals surface area contributed by atoms with E-state index in [9.17, 15) is 4.79 Å². The van der Waals surface area contributed by atoms with E-state index in [0.717, 1.165) is 11.3 Å². The molecule has 1 unspecified atom stereocenters. The zero-order valence-corrected chi connectivity index (χ0v) is 11.6. The van der Waals surface area contributed by atoms with Crippen molar-refractivity contribution >= 4 is 29.9 Å². The van der Waals surface area contributed by atoms with Crippen LogP contribution in [-0.2, 0) is 11.2 Å². The molecular weight excluding hydrogens is 275 g/mol. The van der Waals surface area contributed by atoms with Gasteiger partial charge in [-0.15, -0.1) is 12.4 Å². The quantitative estimate of drug-likeness (QED) is 0.887. The topological polar surface area (TPSA) is 64.3 Å². The zero-order valence-electron chi connectivity index (χ0n) is 9.98. The highest BCUT2D eigenvalue weighted by Gasteiger charge is 2.29. The monoisotopic (exact) mass is 290 g/mol. The van der Waals surface area contributed by atoms with E-state index in [1.165, 1.54) is 0 Å². The van der Waals surface area contributed by atoms with Gasteiger partial charge in [-0.25, -0.2) is 0 Å². The highest BCUT2D eigenvalue weighted by atomic mass is 35.5. The fraction of sp³-hybridized carbons (Fsp3) is 0.417. The minimum atomic E-state index is -0.475. The summed E-state index contributed by atoms with van der Waals surface area (Å²) in [5.41, 5.74) is 6.42. The predicted octanol–water partition coefficient (Wildman–Crippen LogP) is 1.53. The largest absolute Gasteiger partial charge is 0.480 e. The molecule has 18 heavy (non-hydrogen) atoms. The first kappa shape index (κ1) is 15.1. The normalized spacial score (nSPS) is 18.3. The molecule has 1 aromatic carbocycles. The van der Waals surface area contributed by atoms with Gasteiger partial charge in [0.2, 0.25) is 0 Å². The Labute approximate surface area is 117 Å². The van der Waals surface area contributed by atoms with E-state index in [2.05, 4.69) is 5.32 Å². The van der Waals surface area contributed by atoms with Crippen molar-refractivity contribution in [3.63, 3.8) is 0 Å². The molecule has 0 fully saturated rings. The molecule has 2 atom stereocenters. The van der Waals surface area contributed by atoms with E-state index in [-0.39, 0.29) is 24.4 Å². The Bertz CT molecular complexity index is 440. The third kappa shape index (κ3) is 3.28. The van der Waals surface area contributed by atoms with Crippen LogP contribution in [0.1, 0.15) is 12.5 Å². The summed E-state index contributed by atoms with van der Waals surface area (Å²) in [5, 5.41) is 3.46. The number of carbonyl (C=O) groups excluding carboxylic acids is 1. The SMILES string of the molecule is C[C@@H](CN)NC(=O)C1Cc2cc(Cl)ccc2O1.Cl. The van der Waals surface area contributed by atoms with E-state index < -0.39 is 6.10 Å². The first-order valence-electron chi connectivity index (χ1n) is 5.55. The molecule has 0 spiro atoms. The molecule has 6 heteroatoms. The lowest BCUT2D eigenvalue weighted by molar-refractivity contribution is -0.127. The van der Waals surface area contributed by atoms with E-state index in [1.807, 2.05) is 13.0 Å². The van der Waals surface area contributed by atoms with Crippen molar-refractivity contribution in [1.29, 1.82) is 0 Å². The van der Waals surface area contributed by atoms with E-state index >= 15 is 0 Å². The Hall–Kier alpha value is -0.970. The van der Waals surface area contributed by atoms with Gasteiger partial charge >= 0.3 is 0 Å². The van der Waals surface area contributed by atoms with Crippen molar-refractivity contribution in [2.24, 2.45) is 5.73 Å². The minimum Gasteiger partial charge on any atom is -0.480 e. The van der Waals surface area contributed by atoms with Gasteiger partial charge in [-0.1, -0.05) is 11.6 Å². The summed E-state index contributed by atoms with van der Waals surface area (Å²) in [6, 6.07) is 5.33. The van der Waals surface area contributed by atoms with Crippen LogP contribution >= 0.6 is 24.0 Å². The van der Waals surface area contributed by atoms with Crippen LogP contribution in [0.2, 0.25) is 5.02 Å². The van der Waals surface area contributed by atoms with E-state index in [4.69, 9.17) is 22.1 Å². The Balaban J connectivity index is 0.00000162. The smallest absolute Gasteiger partial charge is 0.261 e. The molecule has 1 aromatic rings. The second-order valence-corrected chi connectivity index (χ2v) is 4.64. The predicted molar refractivity (Wildman–Crippen MR) is 73.5 cm³/mol. The van der Waals surface area contributed by atoms with Gasteiger partial charge in [-0.3, -0.25) is 4.79 Å². The number of fused-ring (bicyclic) bond motifs is 1. The summed E-state index contributed by atoms with van der Waals surface area (Å²) >= 11 is 5.88. The van der Waals surface area contributed by atoms with Crippen molar-refractivity contribution in [2.75, 3.05) is 6.54 Å². The number of carbonyl (C=O) groups is 1. The van der Waals surface area contributed by atoms with Gasteiger partial charge in [0.05, 0.1) is 0 Å². The lowest BCUT2D eigenvalue weighted by Crippen LogP contribution is -2.44. The second kappa shape index (κ2) is 6.27. The van der Waals surface area contributed by atoms with Gasteiger partial charge in [0.25, 0.3) is 5.91 Å². The molecule has 100 valence electrons. The third-order valence-corrected chi connectivity index (χ3v) is 2.97. The number of hydrogen-bond donors (Lipinski definition) is 2. The molecule has 0 saturated heterocycles. The number of rotatable bonds is 3. The summed E-state index contributed by atoms with van der Waals surface area (Å²) < 4.78 is 5.56. The number of nitrogens with one attached hydrogen (secondary N) is 1. The number of amides is 1. The highest BCUT2D eigenvalue weighted by molar-refractivity contribution is 6.30. The van der Waals surface area contributed by atoms with Crippen molar-refractivity contribution in [3.05, 3.63) is 28.8 Å². The van der Waals surface area contributed by atoms with E-state index in [0.29, 0.717) is 18.0 Å². The van der Waals surface area contributed by atoms with Gasteiger partial charge in [-0.05, 0) is 30.7 Å². The Morgan fingerprint density at radius 2 is 2.39 bits per heavy atom. The summed E-state index contributed by atoms with van der Waals surface area (Å²) in [6.07, 6.45) is 0.0800. The summed E-state index contributed by atoms with van der Waals surface area (Å²) in [7, 11) is 0. The summed E-state index contributed by atoms with van der Waals surface area (Å²) in [4.78, 5) is 11.8. The minimum absolute atomic E-state index is 0. The summed E-state index contributed by atoms with van der Waals surface area (Å²) in [5.74, 6) is 0.602. The van der Waals surface area contributed by atoms with Crippen molar-refractivity contribution < 1.29 is 9.53 Å². The Morgan fingerprint density at radius 1 is 1.67 bits per heavy atom. The average molecular weight is 291 g/mol. The molecule has 4 nitrogen and oxygen atoms in total. The van der Waals surface area contributed by atoms with Gasteiger partial charge in [-0.2, -0.15) is 0 Å². The molecule has 3 N–H and O–H groups in total. The first-order valence-corrected chi connectivity index (χ1v) is 5.93. The number of nitrogens with two attached hydrogens (primary N) is 1. The van der Waals surface area contributed by atoms with Crippen LogP contribution in [0.3, 0.4) is 0 Å². The summed E-state index contributed by atoms with van der Waals surface area (Å²) in [6.45, 7) is 2.27. The number of halogens is 2. The number of hydrogen-bond acceptors (Lipinski definition) is 3. The van der Waals surface area contributed by atoms with Crippen molar-refractivity contribution in [1.82, 2.24) is 5.32 Å². The molecule has 1 heterocycles. The van der Waals surface area contributed by atoms with Crippen LogP contribution in [0.4, 0.5) is 0 Å². The van der Waals surface area contributed by atoms with Crippen LogP contribution in [-0.4, -0.2) is 24.6 Å². The second-order valence-electron chi connectivity index (χ2n) is 4.21. The lowest BCUT2D eigenvalue weighted by Gasteiger charge is -2.15. The van der Waals surface area contributed by atoms with Crippen LogP contribution < -0.4 is 15.8 Å². The molecule has 0 aromatic heterocycles. The maximum Gasteiger partial charge on any atom is 0.261 e. The maximum atomic E-state index is 11.8. The van der Waals surface area contributed by atoms with E-state index in [1.54, 1.807) is 12.1 Å². The van der Waals surface area contributed by atoms with Crippen molar-refractivity contribution in [2.45, 2.75) is 25.5 Å². The fourth-order valence-corrected chi connectivity index (χ4v) is 1.95. The average Bonchev–Trinajstić information content (AvgIpc) is 2.71. The van der Waals surface area contributed by atoms with Gasteiger partial charge in [0.1, 0.15) is 5.75 Å². The number of ether oxygens (including phenoxy) is 1. The van der Waals surface area contributed by atoms with Crippen LogP contribution in [0.25, 0.3) is 0 Å². The standard InChI is InChI=1S/C12H15ClN2O2.ClH/c1-7(6-14)15-12(16)11-5-8-4-9(13)2-3-10(8)17-11;/h2-4,7,11H,5-6,14H2,1H3,(H,15,16);1H/t7-,11?;/m0./s1. The molecular formula is C12H16Cl2N2O2. The lowest BCUT2D eigenvalue weighted by atomic mass is 10.1. The molecule has 1 amide bonds. The maximum absolute atomic E-state index is 11.8. The van der Waals surface area contributed by atoms with Crippen LogP contribution in [0.15, 0.2) is 18.2 Å². The third-order valence-electron chi connectivity index (χ3n) is 2.73. The Morgan fingerprint density at radius 3 is 3.06 bits per heavy atom. The van der Waals surface area contributed by atoms with Crippen molar-refractivity contribution in [3.8, 4) is 5.75 Å². The van der Waals surface area contributed by atoms with Gasteiger partial charge in [0.15, 0.2) is 6.10 Å². The molecule has 0 aliphatic carbocycles.